The molecule has 104 valence electrons. The first-order chi connectivity index (χ1) is 8.40. The number of hydrogen-bond donors (Lipinski definition) is 1. The van der Waals surface area contributed by atoms with E-state index in [0.717, 1.165) is 25.9 Å². The summed E-state index contributed by atoms with van der Waals surface area (Å²) in [7, 11) is 0. The smallest absolute Gasteiger partial charge is 0.317 e. The number of hydrogen-bond acceptors (Lipinski definition) is 3. The molecule has 0 radical (unpaired) electrons. The normalized spacial score (nSPS) is 17.5. The highest BCUT2D eigenvalue weighted by Crippen LogP contribution is 2.16. The molecule has 1 amide bonds. The topological polar surface area (TPSA) is 60.9 Å². The fraction of sp³-hybridized carbons (Fsp3) is 0.846. The van der Waals surface area contributed by atoms with Gasteiger partial charge in [0.15, 0.2) is 0 Å². The maximum atomic E-state index is 12.1. The molecular weight excluding hydrogens is 232 g/mol. The lowest BCUT2D eigenvalue weighted by molar-refractivity contribution is -0.140. The van der Waals surface area contributed by atoms with E-state index in [0.29, 0.717) is 5.92 Å². The molecule has 0 saturated carbocycles. The van der Waals surface area contributed by atoms with Crippen LogP contribution >= 0.6 is 0 Å². The summed E-state index contributed by atoms with van der Waals surface area (Å²) in [6.07, 6.45) is 2.10. The number of amides is 1. The van der Waals surface area contributed by atoms with Crippen LogP contribution in [0.1, 0.15) is 33.6 Å². The fourth-order valence-corrected chi connectivity index (χ4v) is 2.13. The third-order valence-corrected chi connectivity index (χ3v) is 3.54. The van der Waals surface area contributed by atoms with Crippen molar-refractivity contribution in [2.75, 3.05) is 26.2 Å². The summed E-state index contributed by atoms with van der Waals surface area (Å²) in [6.45, 7) is 7.76. The molecule has 0 aromatic rings. The summed E-state index contributed by atoms with van der Waals surface area (Å²) >= 11 is 0. The van der Waals surface area contributed by atoms with E-state index < -0.39 is 5.97 Å². The first-order valence-electron chi connectivity index (χ1n) is 6.63. The highest BCUT2D eigenvalue weighted by Gasteiger charge is 2.23. The molecule has 1 rings (SSSR count). The maximum absolute atomic E-state index is 12.1. The number of nitrogens with zero attached hydrogens (tertiary/aromatic N) is 2. The van der Waals surface area contributed by atoms with Gasteiger partial charge in [0.25, 0.3) is 0 Å². The highest BCUT2D eigenvalue weighted by atomic mass is 16.4. The van der Waals surface area contributed by atoms with E-state index in [4.69, 9.17) is 5.11 Å². The van der Waals surface area contributed by atoms with Gasteiger partial charge in [-0.3, -0.25) is 14.5 Å². The van der Waals surface area contributed by atoms with Gasteiger partial charge in [-0.1, -0.05) is 6.92 Å². The van der Waals surface area contributed by atoms with E-state index in [2.05, 4.69) is 6.92 Å². The highest BCUT2D eigenvalue weighted by molar-refractivity contribution is 5.79. The van der Waals surface area contributed by atoms with Gasteiger partial charge in [-0.2, -0.15) is 0 Å². The van der Waals surface area contributed by atoms with Crippen molar-refractivity contribution in [3.8, 4) is 0 Å². The molecule has 0 aliphatic carbocycles. The minimum atomic E-state index is -0.885. The summed E-state index contributed by atoms with van der Waals surface area (Å²) in [5.74, 6) is -0.144. The first kappa shape index (κ1) is 15.0. The molecule has 5 heteroatoms. The predicted molar refractivity (Wildman–Crippen MR) is 69.3 cm³/mol. The van der Waals surface area contributed by atoms with Crippen molar-refractivity contribution in [3.05, 3.63) is 0 Å². The Balaban J connectivity index is 2.48. The molecule has 1 saturated heterocycles. The van der Waals surface area contributed by atoms with E-state index in [1.807, 2.05) is 18.7 Å². The first-order valence-corrected chi connectivity index (χ1v) is 6.63. The van der Waals surface area contributed by atoms with Crippen LogP contribution in [0.3, 0.4) is 0 Å². The van der Waals surface area contributed by atoms with E-state index in [-0.39, 0.29) is 25.0 Å². The van der Waals surface area contributed by atoms with Gasteiger partial charge in [-0.05, 0) is 32.6 Å². The van der Waals surface area contributed by atoms with Crippen LogP contribution in [0.2, 0.25) is 0 Å². The van der Waals surface area contributed by atoms with Crippen LogP contribution in [0, 0.1) is 5.92 Å². The molecule has 0 atom stereocenters. The number of carbonyl (C=O) groups excluding carboxylic acids is 1. The Bertz CT molecular complexity index is 297. The summed E-state index contributed by atoms with van der Waals surface area (Å²) in [5.41, 5.74) is 0. The van der Waals surface area contributed by atoms with Gasteiger partial charge in [0, 0.05) is 19.1 Å². The van der Waals surface area contributed by atoms with Gasteiger partial charge < -0.3 is 10.0 Å². The second kappa shape index (κ2) is 6.73. The quantitative estimate of drug-likeness (QED) is 0.798. The number of piperidine rings is 1. The minimum Gasteiger partial charge on any atom is -0.480 e. The zero-order valence-electron chi connectivity index (χ0n) is 11.6. The number of carbonyl (C=O) groups is 2. The number of aliphatic carboxylic acids is 1. The zero-order valence-corrected chi connectivity index (χ0v) is 11.6. The third-order valence-electron chi connectivity index (χ3n) is 3.54. The second-order valence-electron chi connectivity index (χ2n) is 5.46. The standard InChI is InChI=1S/C13H24N2O3/c1-10(2)15(9-13(17)18)8-12(16)14-6-4-11(3)5-7-14/h10-11H,4-9H2,1-3H3,(H,17,18). The van der Waals surface area contributed by atoms with E-state index in [1.54, 1.807) is 4.90 Å². The predicted octanol–water partition coefficient (Wildman–Crippen LogP) is 1.04. The minimum absolute atomic E-state index is 0.0526. The average Bonchev–Trinajstić information content (AvgIpc) is 2.28. The third kappa shape index (κ3) is 4.64. The number of rotatable bonds is 5. The lowest BCUT2D eigenvalue weighted by Crippen LogP contribution is -2.47. The van der Waals surface area contributed by atoms with E-state index in [1.165, 1.54) is 0 Å². The lowest BCUT2D eigenvalue weighted by Gasteiger charge is -2.33. The summed E-state index contributed by atoms with van der Waals surface area (Å²) in [6, 6.07) is 0.0637. The Kier molecular flexibility index (Phi) is 5.59. The van der Waals surface area contributed by atoms with Gasteiger partial charge in [0.1, 0.15) is 0 Å². The van der Waals surface area contributed by atoms with Crippen molar-refractivity contribution < 1.29 is 14.7 Å². The molecule has 0 spiro atoms. The van der Waals surface area contributed by atoms with E-state index in [9.17, 15) is 9.59 Å². The molecule has 1 N–H and O–H groups in total. The van der Waals surface area contributed by atoms with Crippen LogP contribution in [0.4, 0.5) is 0 Å². The second-order valence-corrected chi connectivity index (χ2v) is 5.46. The lowest BCUT2D eigenvalue weighted by atomic mass is 9.99. The Morgan fingerprint density at radius 1 is 1.28 bits per heavy atom. The van der Waals surface area contributed by atoms with Crippen molar-refractivity contribution in [2.45, 2.75) is 39.7 Å². The Hall–Kier alpha value is -1.10. The molecular formula is C13H24N2O3. The van der Waals surface area contributed by atoms with Crippen LogP contribution in [0.15, 0.2) is 0 Å². The van der Waals surface area contributed by atoms with Gasteiger partial charge in [-0.15, -0.1) is 0 Å². The molecule has 1 fully saturated rings. The largest absolute Gasteiger partial charge is 0.480 e. The number of carboxylic acid groups (broad SMARTS) is 1. The molecule has 18 heavy (non-hydrogen) atoms. The average molecular weight is 256 g/mol. The van der Waals surface area contributed by atoms with Crippen molar-refractivity contribution >= 4 is 11.9 Å². The van der Waals surface area contributed by atoms with Crippen LogP contribution in [0.25, 0.3) is 0 Å². The molecule has 0 aromatic heterocycles. The monoisotopic (exact) mass is 256 g/mol. The van der Waals surface area contributed by atoms with Crippen LogP contribution in [-0.4, -0.2) is 59.0 Å². The van der Waals surface area contributed by atoms with Crippen molar-refractivity contribution in [1.82, 2.24) is 9.80 Å². The molecule has 1 heterocycles. The summed E-state index contributed by atoms with van der Waals surface area (Å²) < 4.78 is 0. The molecule has 0 bridgehead atoms. The van der Waals surface area contributed by atoms with Crippen LogP contribution in [-0.2, 0) is 9.59 Å². The molecule has 1 aliphatic heterocycles. The number of carboxylic acids is 1. The van der Waals surface area contributed by atoms with E-state index >= 15 is 0 Å². The van der Waals surface area contributed by atoms with Gasteiger partial charge >= 0.3 is 5.97 Å². The summed E-state index contributed by atoms with van der Waals surface area (Å²) in [5, 5.41) is 8.82. The van der Waals surface area contributed by atoms with Crippen molar-refractivity contribution in [3.63, 3.8) is 0 Å². The van der Waals surface area contributed by atoms with Crippen molar-refractivity contribution in [1.29, 1.82) is 0 Å². The maximum Gasteiger partial charge on any atom is 0.317 e. The molecule has 0 aromatic carbocycles. The Morgan fingerprint density at radius 3 is 2.28 bits per heavy atom. The van der Waals surface area contributed by atoms with Crippen LogP contribution < -0.4 is 0 Å². The molecule has 0 unspecified atom stereocenters. The molecule has 1 aliphatic rings. The summed E-state index contributed by atoms with van der Waals surface area (Å²) in [4.78, 5) is 26.4. The van der Waals surface area contributed by atoms with Gasteiger partial charge in [-0.25, -0.2) is 0 Å². The zero-order chi connectivity index (χ0) is 13.7. The SMILES string of the molecule is CC1CCN(C(=O)CN(CC(=O)O)C(C)C)CC1. The Morgan fingerprint density at radius 2 is 1.83 bits per heavy atom. The Labute approximate surface area is 109 Å². The van der Waals surface area contributed by atoms with Gasteiger partial charge in [0.05, 0.1) is 13.1 Å². The van der Waals surface area contributed by atoms with Crippen LogP contribution in [0.5, 0.6) is 0 Å². The van der Waals surface area contributed by atoms with Gasteiger partial charge in [0.2, 0.25) is 5.91 Å². The molecule has 5 nitrogen and oxygen atoms in total. The number of likely N-dealkylation sites (tertiary alicyclic amines) is 1. The fourth-order valence-electron chi connectivity index (χ4n) is 2.13. The van der Waals surface area contributed by atoms with Crippen molar-refractivity contribution in [2.24, 2.45) is 5.92 Å².